The molecule has 0 fully saturated rings. The summed E-state index contributed by atoms with van der Waals surface area (Å²) in [6.07, 6.45) is 8.89. The lowest BCUT2D eigenvalue weighted by Crippen LogP contribution is -2.50. The van der Waals surface area contributed by atoms with E-state index in [0.29, 0.717) is 13.0 Å². The molecule has 0 radical (unpaired) electrons. The predicted molar refractivity (Wildman–Crippen MR) is 138 cm³/mol. The van der Waals surface area contributed by atoms with Gasteiger partial charge in [0, 0.05) is 18.9 Å². The van der Waals surface area contributed by atoms with Crippen molar-refractivity contribution in [3.05, 3.63) is 29.8 Å². The lowest BCUT2D eigenvalue weighted by molar-refractivity contribution is -0.141. The zero-order chi connectivity index (χ0) is 26.1. The highest BCUT2D eigenvalue weighted by molar-refractivity contribution is 5.90. The Morgan fingerprint density at radius 3 is 2.14 bits per heavy atom. The molecule has 0 aliphatic rings. The SMILES string of the molecule is CCCCCCCCC[C@@H](CC(=O)O)C(=O)N[C@H](Cc1ccc(O)cc1)C(=O)NCCCN(C)C. The summed E-state index contributed by atoms with van der Waals surface area (Å²) in [6.45, 7) is 3.48. The highest BCUT2D eigenvalue weighted by Crippen LogP contribution is 2.17. The van der Waals surface area contributed by atoms with Gasteiger partial charge in [0.25, 0.3) is 0 Å². The largest absolute Gasteiger partial charge is 0.508 e. The Balaban J connectivity index is 2.76. The lowest BCUT2D eigenvalue weighted by Gasteiger charge is -2.22. The number of carbonyl (C=O) groups excluding carboxylic acids is 2. The number of benzene rings is 1. The minimum Gasteiger partial charge on any atom is -0.508 e. The van der Waals surface area contributed by atoms with Crippen LogP contribution in [0.1, 0.15) is 76.7 Å². The number of unbranched alkanes of at least 4 members (excludes halogenated alkanes) is 6. The minimum absolute atomic E-state index is 0.124. The number of aromatic hydroxyl groups is 1. The Labute approximate surface area is 210 Å². The summed E-state index contributed by atoms with van der Waals surface area (Å²) in [5.74, 6) is -2.26. The molecule has 4 N–H and O–H groups in total. The summed E-state index contributed by atoms with van der Waals surface area (Å²) >= 11 is 0. The Bertz CT molecular complexity index is 752. The molecular weight excluding hydrogens is 446 g/mol. The van der Waals surface area contributed by atoms with E-state index >= 15 is 0 Å². The van der Waals surface area contributed by atoms with Gasteiger partial charge in [-0.25, -0.2) is 0 Å². The number of carbonyl (C=O) groups is 3. The van der Waals surface area contributed by atoms with Crippen LogP contribution in [0.3, 0.4) is 0 Å². The first-order valence-corrected chi connectivity index (χ1v) is 13.0. The topological polar surface area (TPSA) is 119 Å². The number of hydrogen-bond donors (Lipinski definition) is 4. The molecule has 1 aromatic carbocycles. The van der Waals surface area contributed by atoms with Crippen LogP contribution in [-0.2, 0) is 20.8 Å². The molecule has 0 saturated heterocycles. The quantitative estimate of drug-likeness (QED) is 0.219. The van der Waals surface area contributed by atoms with Gasteiger partial charge in [0.05, 0.1) is 6.42 Å². The number of carboxylic acid groups (broad SMARTS) is 1. The zero-order valence-electron chi connectivity index (χ0n) is 21.7. The third kappa shape index (κ3) is 14.4. The van der Waals surface area contributed by atoms with E-state index in [-0.39, 0.29) is 24.5 Å². The van der Waals surface area contributed by atoms with Crippen LogP contribution in [0.2, 0.25) is 0 Å². The number of hydrogen-bond acceptors (Lipinski definition) is 5. The van der Waals surface area contributed by atoms with Gasteiger partial charge < -0.3 is 25.7 Å². The van der Waals surface area contributed by atoms with Gasteiger partial charge in [-0.2, -0.15) is 0 Å². The monoisotopic (exact) mass is 491 g/mol. The van der Waals surface area contributed by atoms with Crippen LogP contribution in [0.4, 0.5) is 0 Å². The molecule has 2 amide bonds. The molecule has 0 aromatic heterocycles. The molecule has 0 spiro atoms. The van der Waals surface area contributed by atoms with E-state index in [0.717, 1.165) is 44.2 Å². The summed E-state index contributed by atoms with van der Waals surface area (Å²) in [4.78, 5) is 39.4. The first-order valence-electron chi connectivity index (χ1n) is 13.0. The molecule has 0 saturated carbocycles. The fourth-order valence-corrected chi connectivity index (χ4v) is 3.98. The average molecular weight is 492 g/mol. The zero-order valence-corrected chi connectivity index (χ0v) is 21.7. The molecular formula is C27H45N3O5. The second kappa shape index (κ2) is 17.8. The number of nitrogens with zero attached hydrogens (tertiary/aromatic N) is 1. The average Bonchev–Trinajstić information content (AvgIpc) is 2.80. The van der Waals surface area contributed by atoms with E-state index in [4.69, 9.17) is 0 Å². The van der Waals surface area contributed by atoms with E-state index in [1.807, 2.05) is 19.0 Å². The normalized spacial score (nSPS) is 12.8. The maximum atomic E-state index is 13.1. The number of phenols is 1. The van der Waals surface area contributed by atoms with E-state index < -0.39 is 23.8 Å². The van der Waals surface area contributed by atoms with Gasteiger partial charge in [0.2, 0.25) is 11.8 Å². The van der Waals surface area contributed by atoms with Crippen molar-refractivity contribution >= 4 is 17.8 Å². The van der Waals surface area contributed by atoms with Crippen LogP contribution < -0.4 is 10.6 Å². The van der Waals surface area contributed by atoms with Gasteiger partial charge in [0.1, 0.15) is 11.8 Å². The van der Waals surface area contributed by atoms with Crippen molar-refractivity contribution in [3.8, 4) is 5.75 Å². The second-order valence-electron chi connectivity index (χ2n) is 9.58. The number of carboxylic acids is 1. The Hall–Kier alpha value is -2.61. The van der Waals surface area contributed by atoms with Crippen LogP contribution in [0.15, 0.2) is 24.3 Å². The molecule has 0 aliphatic heterocycles. The molecule has 1 aromatic rings. The van der Waals surface area contributed by atoms with Gasteiger partial charge in [-0.05, 0) is 51.2 Å². The van der Waals surface area contributed by atoms with Gasteiger partial charge >= 0.3 is 5.97 Å². The second-order valence-corrected chi connectivity index (χ2v) is 9.58. The van der Waals surface area contributed by atoms with Crippen molar-refractivity contribution in [3.63, 3.8) is 0 Å². The maximum absolute atomic E-state index is 13.1. The predicted octanol–water partition coefficient (Wildman–Crippen LogP) is 3.72. The third-order valence-electron chi connectivity index (χ3n) is 6.04. The van der Waals surface area contributed by atoms with Crippen LogP contribution in [-0.4, -0.2) is 66.1 Å². The smallest absolute Gasteiger partial charge is 0.304 e. The molecule has 0 heterocycles. The molecule has 8 heteroatoms. The van der Waals surface area contributed by atoms with Gasteiger partial charge in [-0.1, -0.05) is 64.0 Å². The number of aliphatic carboxylic acids is 1. The van der Waals surface area contributed by atoms with Crippen LogP contribution in [0.25, 0.3) is 0 Å². The summed E-state index contributed by atoms with van der Waals surface area (Å²) < 4.78 is 0. The van der Waals surface area contributed by atoms with E-state index in [2.05, 4.69) is 17.6 Å². The van der Waals surface area contributed by atoms with Crippen molar-refractivity contribution in [2.24, 2.45) is 5.92 Å². The van der Waals surface area contributed by atoms with Crippen molar-refractivity contribution in [2.45, 2.75) is 83.6 Å². The van der Waals surface area contributed by atoms with Gasteiger partial charge in [-0.3, -0.25) is 14.4 Å². The summed E-state index contributed by atoms with van der Waals surface area (Å²) in [5.41, 5.74) is 0.790. The number of rotatable bonds is 19. The molecule has 2 atom stereocenters. The summed E-state index contributed by atoms with van der Waals surface area (Å²) in [7, 11) is 3.92. The van der Waals surface area contributed by atoms with Crippen molar-refractivity contribution in [1.82, 2.24) is 15.5 Å². The van der Waals surface area contributed by atoms with E-state index in [1.165, 1.54) is 31.4 Å². The first kappa shape index (κ1) is 30.4. The number of nitrogens with one attached hydrogen (secondary N) is 2. The molecule has 1 rings (SSSR count). The summed E-state index contributed by atoms with van der Waals surface area (Å²) in [6, 6.07) is 5.67. The van der Waals surface area contributed by atoms with Crippen molar-refractivity contribution < 1.29 is 24.6 Å². The van der Waals surface area contributed by atoms with Gasteiger partial charge in [0.15, 0.2) is 0 Å². The summed E-state index contributed by atoms with van der Waals surface area (Å²) in [5, 5.41) is 24.6. The Morgan fingerprint density at radius 1 is 0.914 bits per heavy atom. The van der Waals surface area contributed by atoms with Crippen LogP contribution in [0.5, 0.6) is 5.75 Å². The van der Waals surface area contributed by atoms with Crippen molar-refractivity contribution in [1.29, 1.82) is 0 Å². The Morgan fingerprint density at radius 2 is 1.54 bits per heavy atom. The van der Waals surface area contributed by atoms with Crippen molar-refractivity contribution in [2.75, 3.05) is 27.2 Å². The van der Waals surface area contributed by atoms with Gasteiger partial charge in [-0.15, -0.1) is 0 Å². The molecule has 8 nitrogen and oxygen atoms in total. The molecule has 35 heavy (non-hydrogen) atoms. The lowest BCUT2D eigenvalue weighted by atomic mass is 9.95. The third-order valence-corrected chi connectivity index (χ3v) is 6.04. The van der Waals surface area contributed by atoms with E-state index in [1.54, 1.807) is 12.1 Å². The Kier molecular flexibility index (Phi) is 15.4. The molecule has 0 aliphatic carbocycles. The minimum atomic E-state index is -1.02. The van der Waals surface area contributed by atoms with Crippen LogP contribution >= 0.6 is 0 Å². The maximum Gasteiger partial charge on any atom is 0.304 e. The molecule has 0 bridgehead atoms. The fraction of sp³-hybridized carbons (Fsp3) is 0.667. The number of phenolic OH excluding ortho intramolecular Hbond substituents is 1. The fourth-order valence-electron chi connectivity index (χ4n) is 3.98. The molecule has 198 valence electrons. The van der Waals surface area contributed by atoms with Crippen LogP contribution in [0, 0.1) is 5.92 Å². The standard InChI is InChI=1S/C27H45N3O5/c1-4-5-6-7-8-9-10-12-22(20-25(32)33)26(34)29-24(19-21-13-15-23(31)16-14-21)27(35)28-17-11-18-30(2)3/h13-16,22,24,31H,4-12,17-20H2,1-3H3,(H,28,35)(H,29,34)(H,32,33)/t22-,24+/m0/s1. The molecule has 0 unspecified atom stereocenters. The highest BCUT2D eigenvalue weighted by atomic mass is 16.4. The van der Waals surface area contributed by atoms with E-state index in [9.17, 15) is 24.6 Å². The highest BCUT2D eigenvalue weighted by Gasteiger charge is 2.27. The first-order chi connectivity index (χ1) is 16.7. The number of amides is 2.